The predicted octanol–water partition coefficient (Wildman–Crippen LogP) is 0.907. The minimum absolute atomic E-state index is 0.0343. The first kappa shape index (κ1) is 15.9. The van der Waals surface area contributed by atoms with Crippen LogP contribution >= 0.6 is 0 Å². The molecule has 6 nitrogen and oxygen atoms in total. The van der Waals surface area contributed by atoms with Crippen LogP contribution in [0.5, 0.6) is 0 Å². The number of carbonyl (C=O) groups is 2. The Hall–Kier alpha value is -2.18. The van der Waals surface area contributed by atoms with Gasteiger partial charge in [0.25, 0.3) is 5.91 Å². The van der Waals surface area contributed by atoms with Gasteiger partial charge in [-0.2, -0.15) is 0 Å². The minimum atomic E-state index is -0.743. The van der Waals surface area contributed by atoms with Gasteiger partial charge in [-0.1, -0.05) is 6.92 Å². The Morgan fingerprint density at radius 3 is 2.75 bits per heavy atom. The average Bonchev–Trinajstić information content (AvgIpc) is 2.45. The number of pyridine rings is 1. The van der Waals surface area contributed by atoms with E-state index in [1.807, 2.05) is 6.92 Å². The third-order valence-corrected chi connectivity index (χ3v) is 2.66. The van der Waals surface area contributed by atoms with Crippen molar-refractivity contribution in [2.24, 2.45) is 0 Å². The van der Waals surface area contributed by atoms with Crippen molar-refractivity contribution in [3.8, 4) is 0 Å². The van der Waals surface area contributed by atoms with Crippen LogP contribution in [0.1, 0.15) is 30.6 Å². The molecule has 20 heavy (non-hydrogen) atoms. The third kappa shape index (κ3) is 3.91. The second-order valence-corrected chi connectivity index (χ2v) is 4.26. The number of carbonyl (C=O) groups excluding carboxylic acids is 2. The maximum absolute atomic E-state index is 14.1. The Kier molecular flexibility index (Phi) is 5.89. The molecule has 0 radical (unpaired) electrons. The normalized spacial score (nSPS) is 11.6. The van der Waals surface area contributed by atoms with E-state index in [0.29, 0.717) is 6.54 Å². The Labute approximate surface area is 117 Å². The summed E-state index contributed by atoms with van der Waals surface area (Å²) in [5.74, 6) is -1.69. The number of rotatable bonds is 6. The van der Waals surface area contributed by atoms with Crippen LogP contribution in [0.15, 0.2) is 12.3 Å². The number of hydrogen-bond acceptors (Lipinski definition) is 4. The molecular weight excluding hydrogens is 263 g/mol. The van der Waals surface area contributed by atoms with Gasteiger partial charge >= 0.3 is 0 Å². The number of amides is 2. The first-order chi connectivity index (χ1) is 9.51. The van der Waals surface area contributed by atoms with Crippen LogP contribution in [0.25, 0.3) is 0 Å². The Balaban J connectivity index is 2.85. The number of aromatic nitrogens is 1. The van der Waals surface area contributed by atoms with Crippen LogP contribution in [0.2, 0.25) is 0 Å². The highest BCUT2D eigenvalue weighted by molar-refractivity contribution is 5.98. The van der Waals surface area contributed by atoms with E-state index < -0.39 is 17.8 Å². The average molecular weight is 282 g/mol. The lowest BCUT2D eigenvalue weighted by atomic mass is 10.2. The van der Waals surface area contributed by atoms with Crippen molar-refractivity contribution in [3.05, 3.63) is 23.6 Å². The predicted molar refractivity (Wildman–Crippen MR) is 74.0 cm³/mol. The summed E-state index contributed by atoms with van der Waals surface area (Å²) in [6.07, 6.45) is 2.16. The zero-order valence-electron chi connectivity index (χ0n) is 11.8. The molecule has 1 heterocycles. The fourth-order valence-corrected chi connectivity index (χ4v) is 1.54. The van der Waals surface area contributed by atoms with Gasteiger partial charge in [0.05, 0.1) is 5.56 Å². The maximum atomic E-state index is 14.1. The lowest BCUT2D eigenvalue weighted by molar-refractivity contribution is -0.122. The highest BCUT2D eigenvalue weighted by Gasteiger charge is 2.20. The summed E-state index contributed by atoms with van der Waals surface area (Å²) in [6.45, 7) is 4.02. The van der Waals surface area contributed by atoms with Gasteiger partial charge in [-0.25, -0.2) is 9.37 Å². The van der Waals surface area contributed by atoms with E-state index in [2.05, 4.69) is 20.9 Å². The van der Waals surface area contributed by atoms with E-state index >= 15 is 0 Å². The molecule has 1 rings (SSSR count). The van der Waals surface area contributed by atoms with E-state index in [1.54, 1.807) is 0 Å². The number of likely N-dealkylation sites (N-methyl/N-ethyl adjacent to an activating group) is 1. The van der Waals surface area contributed by atoms with E-state index in [0.717, 1.165) is 6.42 Å². The van der Waals surface area contributed by atoms with E-state index in [4.69, 9.17) is 0 Å². The zero-order valence-corrected chi connectivity index (χ0v) is 11.8. The largest absolute Gasteiger partial charge is 0.368 e. The molecule has 3 N–H and O–H groups in total. The molecule has 0 saturated heterocycles. The fraction of sp³-hybridized carbons (Fsp3) is 0.462. The van der Waals surface area contributed by atoms with Gasteiger partial charge in [-0.15, -0.1) is 0 Å². The highest BCUT2D eigenvalue weighted by Crippen LogP contribution is 2.15. The molecule has 0 aliphatic carbocycles. The molecule has 0 aliphatic heterocycles. The molecule has 1 atom stereocenters. The van der Waals surface area contributed by atoms with Gasteiger partial charge in [0, 0.05) is 19.8 Å². The molecule has 0 saturated carbocycles. The molecule has 1 unspecified atom stereocenters. The number of nitrogens with zero attached hydrogens (tertiary/aromatic N) is 1. The lowest BCUT2D eigenvalue weighted by Crippen LogP contribution is -2.43. The second-order valence-electron chi connectivity index (χ2n) is 4.26. The molecule has 7 heteroatoms. The van der Waals surface area contributed by atoms with Gasteiger partial charge in [0.1, 0.15) is 6.04 Å². The zero-order chi connectivity index (χ0) is 15.1. The van der Waals surface area contributed by atoms with E-state index in [9.17, 15) is 14.0 Å². The van der Waals surface area contributed by atoms with Crippen molar-refractivity contribution in [2.45, 2.75) is 26.3 Å². The third-order valence-electron chi connectivity index (χ3n) is 2.66. The van der Waals surface area contributed by atoms with Gasteiger partial charge in [0.2, 0.25) is 5.91 Å². The first-order valence-electron chi connectivity index (χ1n) is 6.42. The molecule has 0 aromatic carbocycles. The molecule has 0 aliphatic rings. The molecule has 110 valence electrons. The molecule has 0 bridgehead atoms. The highest BCUT2D eigenvalue weighted by atomic mass is 19.1. The van der Waals surface area contributed by atoms with E-state index in [1.165, 1.54) is 26.2 Å². The lowest BCUT2D eigenvalue weighted by Gasteiger charge is -2.13. The van der Waals surface area contributed by atoms with Crippen molar-refractivity contribution in [2.75, 3.05) is 18.9 Å². The van der Waals surface area contributed by atoms with Gasteiger partial charge < -0.3 is 16.0 Å². The topological polar surface area (TPSA) is 83.1 Å². The van der Waals surface area contributed by atoms with Crippen LogP contribution in [0.4, 0.5) is 10.2 Å². The monoisotopic (exact) mass is 282 g/mol. The summed E-state index contributed by atoms with van der Waals surface area (Å²) in [5, 5.41) is 7.63. The molecule has 2 amide bonds. The molecule has 1 aromatic rings. The van der Waals surface area contributed by atoms with Crippen LogP contribution in [-0.2, 0) is 4.79 Å². The van der Waals surface area contributed by atoms with Crippen molar-refractivity contribution in [1.82, 2.24) is 15.6 Å². The van der Waals surface area contributed by atoms with E-state index in [-0.39, 0.29) is 17.3 Å². The van der Waals surface area contributed by atoms with Crippen LogP contribution in [-0.4, -0.2) is 36.4 Å². The minimum Gasteiger partial charge on any atom is -0.368 e. The molecule has 1 aromatic heterocycles. The SMILES string of the molecule is CCCNc1nccc(C(=O)NC(C)C(=O)NC)c1F. The Morgan fingerprint density at radius 2 is 2.15 bits per heavy atom. The number of nitrogens with one attached hydrogen (secondary N) is 3. The van der Waals surface area contributed by atoms with Crippen molar-refractivity contribution in [3.63, 3.8) is 0 Å². The van der Waals surface area contributed by atoms with Crippen LogP contribution < -0.4 is 16.0 Å². The second kappa shape index (κ2) is 7.42. The summed E-state index contributed by atoms with van der Waals surface area (Å²) in [7, 11) is 1.46. The first-order valence-corrected chi connectivity index (χ1v) is 6.42. The van der Waals surface area contributed by atoms with Crippen molar-refractivity contribution < 1.29 is 14.0 Å². The molecule has 0 fully saturated rings. The van der Waals surface area contributed by atoms with Gasteiger partial charge in [-0.05, 0) is 19.4 Å². The van der Waals surface area contributed by atoms with Crippen LogP contribution in [0.3, 0.4) is 0 Å². The summed E-state index contributed by atoms with van der Waals surface area (Å²) in [6, 6.07) is 0.533. The molecular formula is C13H19FN4O2. The Bertz CT molecular complexity index is 493. The van der Waals surface area contributed by atoms with Gasteiger partial charge in [0.15, 0.2) is 11.6 Å². The molecule has 0 spiro atoms. The number of halogens is 1. The maximum Gasteiger partial charge on any atom is 0.255 e. The summed E-state index contributed by atoms with van der Waals surface area (Å²) in [5.41, 5.74) is -0.144. The number of hydrogen-bond donors (Lipinski definition) is 3. The standard InChI is InChI=1S/C13H19FN4O2/c1-4-6-16-11-10(14)9(5-7-17-11)13(20)18-8(2)12(19)15-3/h5,7-8H,4,6H2,1-3H3,(H,15,19)(H,16,17)(H,18,20). The summed E-state index contributed by atoms with van der Waals surface area (Å²) in [4.78, 5) is 27.1. The number of anilines is 1. The fourth-order valence-electron chi connectivity index (χ4n) is 1.54. The van der Waals surface area contributed by atoms with Gasteiger partial charge in [-0.3, -0.25) is 9.59 Å². The van der Waals surface area contributed by atoms with Crippen LogP contribution in [0, 0.1) is 5.82 Å². The van der Waals surface area contributed by atoms with Crippen molar-refractivity contribution in [1.29, 1.82) is 0 Å². The summed E-state index contributed by atoms with van der Waals surface area (Å²) < 4.78 is 14.1. The van der Waals surface area contributed by atoms with Crippen molar-refractivity contribution >= 4 is 17.6 Å². The Morgan fingerprint density at radius 1 is 1.45 bits per heavy atom. The summed E-state index contributed by atoms with van der Waals surface area (Å²) >= 11 is 0. The smallest absolute Gasteiger partial charge is 0.255 e. The quantitative estimate of drug-likeness (QED) is 0.724.